The fraction of sp³-hybridized carbons (Fsp3) is 0.278. The second kappa shape index (κ2) is 7.97. The Morgan fingerprint density at radius 2 is 1.92 bits per heavy atom. The summed E-state index contributed by atoms with van der Waals surface area (Å²) in [6, 6.07) is 10.8. The minimum absolute atomic E-state index is 0.203. The van der Waals surface area contributed by atoms with Crippen LogP contribution >= 0.6 is 11.6 Å². The molecule has 0 heterocycles. The van der Waals surface area contributed by atoms with E-state index in [4.69, 9.17) is 16.3 Å². The molecule has 0 aliphatic rings. The minimum atomic E-state index is -3.78. The summed E-state index contributed by atoms with van der Waals surface area (Å²) in [5.41, 5.74) is 1.77. The molecular weight excluding hydrogens is 376 g/mol. The van der Waals surface area contributed by atoms with Gasteiger partial charge >= 0.3 is 0 Å². The Hall–Kier alpha value is -2.25. The van der Waals surface area contributed by atoms with E-state index in [9.17, 15) is 13.2 Å². The van der Waals surface area contributed by atoms with Crippen molar-refractivity contribution < 1.29 is 17.9 Å². The Morgan fingerprint density at radius 1 is 1.23 bits per heavy atom. The summed E-state index contributed by atoms with van der Waals surface area (Å²) in [7, 11) is -2.36. The van der Waals surface area contributed by atoms with Gasteiger partial charge in [-0.1, -0.05) is 23.7 Å². The molecular formula is C18H21ClN2O4S. The zero-order valence-electron chi connectivity index (χ0n) is 15.0. The number of aryl methyl sites for hydroxylation is 1. The van der Waals surface area contributed by atoms with Crippen molar-refractivity contribution in [2.45, 2.75) is 19.9 Å². The molecule has 0 fully saturated rings. The van der Waals surface area contributed by atoms with Gasteiger partial charge in [-0.05, 0) is 49.7 Å². The number of amides is 1. The first-order valence-corrected chi connectivity index (χ1v) is 10.1. The molecule has 0 spiro atoms. The number of anilines is 2. The molecule has 0 aromatic heterocycles. The summed E-state index contributed by atoms with van der Waals surface area (Å²) in [4.78, 5) is 12.7. The van der Waals surface area contributed by atoms with Crippen molar-refractivity contribution in [3.05, 3.63) is 53.1 Å². The van der Waals surface area contributed by atoms with Crippen LogP contribution in [0.5, 0.6) is 5.75 Å². The lowest BCUT2D eigenvalue weighted by Gasteiger charge is -2.29. The van der Waals surface area contributed by atoms with Gasteiger partial charge in [-0.25, -0.2) is 8.42 Å². The molecule has 1 atom stereocenters. The molecule has 140 valence electrons. The van der Waals surface area contributed by atoms with Crippen molar-refractivity contribution >= 4 is 38.9 Å². The van der Waals surface area contributed by atoms with Crippen LogP contribution in [0.4, 0.5) is 11.4 Å². The number of methoxy groups -OCH3 is 1. The summed E-state index contributed by atoms with van der Waals surface area (Å²) in [5.74, 6) is -0.168. The van der Waals surface area contributed by atoms with E-state index in [2.05, 4.69) is 5.32 Å². The molecule has 1 amide bonds. The predicted octanol–water partition coefficient (Wildman–Crippen LogP) is 3.45. The summed E-state index contributed by atoms with van der Waals surface area (Å²) in [6.45, 7) is 3.41. The highest BCUT2D eigenvalue weighted by molar-refractivity contribution is 7.92. The molecule has 6 nitrogen and oxygen atoms in total. The number of benzene rings is 2. The fourth-order valence-electron chi connectivity index (χ4n) is 2.59. The molecule has 8 heteroatoms. The third-order valence-corrected chi connectivity index (χ3v) is 5.22. The molecule has 1 N–H and O–H groups in total. The third-order valence-electron chi connectivity index (χ3n) is 3.75. The first-order chi connectivity index (χ1) is 12.1. The predicted molar refractivity (Wildman–Crippen MR) is 105 cm³/mol. The van der Waals surface area contributed by atoms with Crippen LogP contribution < -0.4 is 14.4 Å². The van der Waals surface area contributed by atoms with Crippen LogP contribution in [0.25, 0.3) is 0 Å². The molecule has 2 aromatic rings. The van der Waals surface area contributed by atoms with Gasteiger partial charge in [0.15, 0.2) is 0 Å². The SMILES string of the molecule is COc1ccc(Cl)cc1N([C@H](C)C(=O)Nc1cccc(C)c1)S(C)(=O)=O. The number of ether oxygens (including phenoxy) is 1. The number of sulfonamides is 1. The lowest BCUT2D eigenvalue weighted by molar-refractivity contribution is -0.116. The van der Waals surface area contributed by atoms with Crippen LogP contribution in [0.2, 0.25) is 5.02 Å². The zero-order chi connectivity index (χ0) is 19.5. The molecule has 0 bridgehead atoms. The first-order valence-electron chi connectivity index (χ1n) is 7.84. The largest absolute Gasteiger partial charge is 0.495 e. The van der Waals surface area contributed by atoms with Crippen LogP contribution in [0.1, 0.15) is 12.5 Å². The molecule has 0 aliphatic carbocycles. The van der Waals surface area contributed by atoms with Crippen molar-refractivity contribution in [1.29, 1.82) is 0 Å². The third kappa shape index (κ3) is 4.68. The van der Waals surface area contributed by atoms with E-state index in [0.29, 0.717) is 16.5 Å². The second-order valence-corrected chi connectivity index (χ2v) is 8.21. The first kappa shape index (κ1) is 20.1. The van der Waals surface area contributed by atoms with E-state index in [1.807, 2.05) is 19.1 Å². The number of nitrogens with one attached hydrogen (secondary N) is 1. The maximum atomic E-state index is 12.7. The quantitative estimate of drug-likeness (QED) is 0.811. The average Bonchev–Trinajstić information content (AvgIpc) is 2.54. The van der Waals surface area contributed by atoms with E-state index in [1.165, 1.54) is 20.1 Å². The molecule has 0 unspecified atom stereocenters. The van der Waals surface area contributed by atoms with E-state index < -0.39 is 22.0 Å². The lowest BCUT2D eigenvalue weighted by atomic mass is 10.2. The molecule has 0 radical (unpaired) electrons. The number of carbonyl (C=O) groups excluding carboxylic acids is 1. The Bertz CT molecular complexity index is 915. The molecule has 0 saturated carbocycles. The van der Waals surface area contributed by atoms with Gasteiger partial charge in [0.05, 0.1) is 19.1 Å². The Labute approximate surface area is 158 Å². The Kier molecular flexibility index (Phi) is 6.15. The van der Waals surface area contributed by atoms with Gasteiger partial charge in [0, 0.05) is 10.7 Å². The Balaban J connectivity index is 2.41. The number of carbonyl (C=O) groups is 1. The summed E-state index contributed by atoms with van der Waals surface area (Å²) in [6.07, 6.45) is 1.03. The van der Waals surface area contributed by atoms with Gasteiger partial charge in [-0.2, -0.15) is 0 Å². The van der Waals surface area contributed by atoms with Crippen LogP contribution in [-0.4, -0.2) is 33.7 Å². The summed E-state index contributed by atoms with van der Waals surface area (Å²) in [5, 5.41) is 3.07. The fourth-order valence-corrected chi connectivity index (χ4v) is 3.92. The van der Waals surface area contributed by atoms with Crippen molar-refractivity contribution in [3.8, 4) is 5.75 Å². The van der Waals surface area contributed by atoms with Gasteiger partial charge in [-0.3, -0.25) is 9.10 Å². The van der Waals surface area contributed by atoms with E-state index >= 15 is 0 Å². The number of nitrogens with zero attached hydrogens (tertiary/aromatic N) is 1. The second-order valence-electron chi connectivity index (χ2n) is 5.91. The molecule has 0 saturated heterocycles. The van der Waals surface area contributed by atoms with Gasteiger partial charge in [0.25, 0.3) is 0 Å². The van der Waals surface area contributed by atoms with Gasteiger partial charge in [-0.15, -0.1) is 0 Å². The highest BCUT2D eigenvalue weighted by Gasteiger charge is 2.31. The summed E-state index contributed by atoms with van der Waals surface area (Å²) < 4.78 is 31.1. The number of halogens is 1. The van der Waals surface area contributed by atoms with Crippen LogP contribution in [-0.2, 0) is 14.8 Å². The van der Waals surface area contributed by atoms with Crippen molar-refractivity contribution in [2.24, 2.45) is 0 Å². The van der Waals surface area contributed by atoms with Crippen LogP contribution in [0, 0.1) is 6.92 Å². The topological polar surface area (TPSA) is 75.7 Å². The summed E-state index contributed by atoms with van der Waals surface area (Å²) >= 11 is 6.02. The molecule has 2 aromatic carbocycles. The molecule has 0 aliphatic heterocycles. The number of rotatable bonds is 6. The van der Waals surface area contributed by atoms with E-state index in [-0.39, 0.29) is 5.69 Å². The normalized spacial score (nSPS) is 12.3. The minimum Gasteiger partial charge on any atom is -0.495 e. The molecule has 2 rings (SSSR count). The van der Waals surface area contributed by atoms with E-state index in [0.717, 1.165) is 16.1 Å². The Morgan fingerprint density at radius 3 is 2.50 bits per heavy atom. The maximum absolute atomic E-state index is 12.7. The van der Waals surface area contributed by atoms with Crippen molar-refractivity contribution in [3.63, 3.8) is 0 Å². The van der Waals surface area contributed by atoms with Crippen molar-refractivity contribution in [2.75, 3.05) is 23.0 Å². The number of hydrogen-bond donors (Lipinski definition) is 1. The van der Waals surface area contributed by atoms with Crippen LogP contribution in [0.3, 0.4) is 0 Å². The van der Waals surface area contributed by atoms with Gasteiger partial charge in [0.1, 0.15) is 11.8 Å². The zero-order valence-corrected chi connectivity index (χ0v) is 16.6. The van der Waals surface area contributed by atoms with Crippen molar-refractivity contribution in [1.82, 2.24) is 0 Å². The average molecular weight is 397 g/mol. The van der Waals surface area contributed by atoms with Gasteiger partial charge in [0.2, 0.25) is 15.9 Å². The lowest BCUT2D eigenvalue weighted by Crippen LogP contribution is -2.45. The van der Waals surface area contributed by atoms with Gasteiger partial charge < -0.3 is 10.1 Å². The monoisotopic (exact) mass is 396 g/mol. The smallest absolute Gasteiger partial charge is 0.247 e. The molecule has 26 heavy (non-hydrogen) atoms. The highest BCUT2D eigenvalue weighted by atomic mass is 35.5. The standard InChI is InChI=1S/C18H21ClN2O4S/c1-12-6-5-7-15(10-12)20-18(22)13(2)21(26(4,23)24)16-11-14(19)8-9-17(16)25-3/h5-11,13H,1-4H3,(H,20,22)/t13-/m1/s1. The van der Waals surface area contributed by atoms with E-state index in [1.54, 1.807) is 24.3 Å². The number of hydrogen-bond acceptors (Lipinski definition) is 4. The van der Waals surface area contributed by atoms with Crippen LogP contribution in [0.15, 0.2) is 42.5 Å². The highest BCUT2D eigenvalue weighted by Crippen LogP contribution is 2.34. The maximum Gasteiger partial charge on any atom is 0.247 e.